The first-order valence-electron chi connectivity index (χ1n) is 3.67. The molecular weight excluding hydrogens is 164 g/mol. The van der Waals surface area contributed by atoms with Crippen molar-refractivity contribution in [2.24, 2.45) is 0 Å². The van der Waals surface area contributed by atoms with E-state index >= 15 is 0 Å². The summed E-state index contributed by atoms with van der Waals surface area (Å²) in [6, 6.07) is -0.699. The van der Waals surface area contributed by atoms with E-state index in [2.05, 4.69) is 5.32 Å². The molecule has 0 aliphatic carbocycles. The summed E-state index contributed by atoms with van der Waals surface area (Å²) in [7, 11) is 0. The van der Waals surface area contributed by atoms with Crippen molar-refractivity contribution >= 4 is 0 Å². The molecule has 1 aliphatic heterocycles. The molecular formula is C8H11F2NO. The number of aliphatic hydroxyl groups excluding tert-OH is 1. The van der Waals surface area contributed by atoms with Crippen molar-refractivity contribution in [3.8, 4) is 0 Å². The number of dihydropyridines is 1. The van der Waals surface area contributed by atoms with Gasteiger partial charge < -0.3 is 10.4 Å². The highest BCUT2D eigenvalue weighted by Crippen LogP contribution is 2.21. The summed E-state index contributed by atoms with van der Waals surface area (Å²) in [5.74, 6) is -3.08. The summed E-state index contributed by atoms with van der Waals surface area (Å²) in [5.41, 5.74) is 0. The van der Waals surface area contributed by atoms with E-state index in [4.69, 9.17) is 5.11 Å². The van der Waals surface area contributed by atoms with Gasteiger partial charge in [-0.05, 0) is 12.3 Å². The van der Waals surface area contributed by atoms with Crippen molar-refractivity contribution in [2.75, 3.05) is 0 Å². The summed E-state index contributed by atoms with van der Waals surface area (Å²) in [5, 5.41) is 11.7. The molecule has 0 aromatic rings. The summed E-state index contributed by atoms with van der Waals surface area (Å²) in [4.78, 5) is 0. The van der Waals surface area contributed by atoms with Crippen LogP contribution in [0.5, 0.6) is 0 Å². The molecule has 12 heavy (non-hydrogen) atoms. The van der Waals surface area contributed by atoms with E-state index in [1.54, 1.807) is 12.2 Å². The lowest BCUT2D eigenvalue weighted by atomic mass is 10.0. The van der Waals surface area contributed by atoms with E-state index in [0.29, 0.717) is 6.92 Å². The monoisotopic (exact) mass is 175 g/mol. The molecule has 2 nitrogen and oxygen atoms in total. The van der Waals surface area contributed by atoms with Gasteiger partial charge in [0.1, 0.15) is 6.10 Å². The van der Waals surface area contributed by atoms with Crippen LogP contribution in [-0.4, -0.2) is 23.2 Å². The highest BCUT2D eigenvalue weighted by atomic mass is 19.3. The second kappa shape index (κ2) is 3.23. The van der Waals surface area contributed by atoms with Crippen LogP contribution in [-0.2, 0) is 0 Å². The first-order chi connectivity index (χ1) is 5.52. The largest absolute Gasteiger partial charge is 0.384 e. The lowest BCUT2D eigenvalue weighted by molar-refractivity contribution is -0.1000. The maximum absolute atomic E-state index is 12.6. The molecule has 2 unspecified atom stereocenters. The van der Waals surface area contributed by atoms with E-state index in [1.165, 1.54) is 12.3 Å². The Morgan fingerprint density at radius 3 is 2.58 bits per heavy atom. The number of rotatable bonds is 2. The Kier molecular flexibility index (Phi) is 2.47. The van der Waals surface area contributed by atoms with Crippen LogP contribution in [0.4, 0.5) is 8.78 Å². The van der Waals surface area contributed by atoms with Crippen LogP contribution in [0.25, 0.3) is 0 Å². The van der Waals surface area contributed by atoms with Crippen molar-refractivity contribution in [1.82, 2.24) is 5.32 Å². The van der Waals surface area contributed by atoms with E-state index in [1.807, 2.05) is 0 Å². The standard InChI is InChI=1S/C8H11F2NO/c1-8(9,10)7(12)6-4-2-3-5-11-6/h2-7,11-12H,1H3. The third-order valence-corrected chi connectivity index (χ3v) is 1.67. The molecule has 1 heterocycles. The molecule has 4 heteroatoms. The maximum Gasteiger partial charge on any atom is 0.273 e. The number of nitrogens with one attached hydrogen (secondary N) is 1. The van der Waals surface area contributed by atoms with Crippen LogP contribution in [0, 0.1) is 0 Å². The van der Waals surface area contributed by atoms with Gasteiger partial charge >= 0.3 is 0 Å². The van der Waals surface area contributed by atoms with Crippen LogP contribution < -0.4 is 5.32 Å². The zero-order valence-electron chi connectivity index (χ0n) is 6.67. The number of allylic oxidation sites excluding steroid dienone is 2. The van der Waals surface area contributed by atoms with Crippen LogP contribution in [0.1, 0.15) is 6.92 Å². The van der Waals surface area contributed by atoms with Crippen molar-refractivity contribution in [2.45, 2.75) is 25.0 Å². The molecule has 0 aromatic heterocycles. The van der Waals surface area contributed by atoms with Crippen LogP contribution in [0.3, 0.4) is 0 Å². The summed E-state index contributed by atoms with van der Waals surface area (Å²) in [6.45, 7) is 0.700. The van der Waals surface area contributed by atoms with Gasteiger partial charge in [0.25, 0.3) is 5.92 Å². The molecule has 0 fully saturated rings. The second-order valence-electron chi connectivity index (χ2n) is 2.84. The minimum atomic E-state index is -3.08. The first-order valence-corrected chi connectivity index (χ1v) is 3.67. The predicted octanol–water partition coefficient (Wildman–Crippen LogP) is 1.04. The topological polar surface area (TPSA) is 32.3 Å². The SMILES string of the molecule is CC(F)(F)C(O)C1C=CC=CN1. The van der Waals surface area contributed by atoms with E-state index < -0.39 is 18.1 Å². The van der Waals surface area contributed by atoms with Crippen molar-refractivity contribution in [1.29, 1.82) is 0 Å². The minimum Gasteiger partial charge on any atom is -0.384 e. The Hall–Kier alpha value is -0.900. The molecule has 0 saturated heterocycles. The van der Waals surface area contributed by atoms with Gasteiger partial charge in [0.2, 0.25) is 0 Å². The average molecular weight is 175 g/mol. The quantitative estimate of drug-likeness (QED) is 0.657. The molecule has 0 amide bonds. The molecule has 2 N–H and O–H groups in total. The molecule has 0 aromatic carbocycles. The molecule has 0 radical (unpaired) electrons. The van der Waals surface area contributed by atoms with Crippen molar-refractivity contribution in [3.05, 3.63) is 24.4 Å². The maximum atomic E-state index is 12.6. The lowest BCUT2D eigenvalue weighted by Gasteiger charge is -2.26. The van der Waals surface area contributed by atoms with Crippen LogP contribution in [0.2, 0.25) is 0 Å². The zero-order valence-corrected chi connectivity index (χ0v) is 6.67. The molecule has 2 atom stereocenters. The van der Waals surface area contributed by atoms with Crippen LogP contribution >= 0.6 is 0 Å². The molecule has 68 valence electrons. The van der Waals surface area contributed by atoms with E-state index in [0.717, 1.165) is 0 Å². The Balaban J connectivity index is 2.59. The lowest BCUT2D eigenvalue weighted by Crippen LogP contribution is -2.46. The predicted molar refractivity (Wildman–Crippen MR) is 41.8 cm³/mol. The number of hydrogen-bond acceptors (Lipinski definition) is 2. The number of halogens is 2. The van der Waals surface area contributed by atoms with Gasteiger partial charge in [-0.1, -0.05) is 12.2 Å². The smallest absolute Gasteiger partial charge is 0.273 e. The molecule has 1 aliphatic rings. The van der Waals surface area contributed by atoms with Crippen LogP contribution in [0.15, 0.2) is 24.4 Å². The van der Waals surface area contributed by atoms with Gasteiger partial charge in [0, 0.05) is 6.92 Å². The fraction of sp³-hybridized carbons (Fsp3) is 0.500. The summed E-state index contributed by atoms with van der Waals surface area (Å²) >= 11 is 0. The summed E-state index contributed by atoms with van der Waals surface area (Å²) < 4.78 is 25.1. The number of hydrogen-bond donors (Lipinski definition) is 2. The Morgan fingerprint density at radius 1 is 1.50 bits per heavy atom. The van der Waals surface area contributed by atoms with Crippen molar-refractivity contribution < 1.29 is 13.9 Å². The summed E-state index contributed by atoms with van der Waals surface area (Å²) in [6.07, 6.45) is 4.65. The Bertz CT molecular complexity index is 208. The van der Waals surface area contributed by atoms with E-state index in [9.17, 15) is 8.78 Å². The Morgan fingerprint density at radius 2 is 2.17 bits per heavy atom. The molecule has 1 rings (SSSR count). The first kappa shape index (κ1) is 9.19. The van der Waals surface area contributed by atoms with Crippen molar-refractivity contribution in [3.63, 3.8) is 0 Å². The molecule has 0 spiro atoms. The van der Waals surface area contributed by atoms with Gasteiger partial charge in [0.15, 0.2) is 0 Å². The highest BCUT2D eigenvalue weighted by molar-refractivity contribution is 5.14. The fourth-order valence-electron chi connectivity index (χ4n) is 0.973. The van der Waals surface area contributed by atoms with Gasteiger partial charge in [-0.3, -0.25) is 0 Å². The van der Waals surface area contributed by atoms with Gasteiger partial charge in [-0.15, -0.1) is 0 Å². The average Bonchev–Trinajstić information content (AvgIpc) is 2.03. The molecule has 0 saturated carbocycles. The molecule has 0 bridgehead atoms. The van der Waals surface area contributed by atoms with Gasteiger partial charge in [-0.25, -0.2) is 8.78 Å². The fourth-order valence-corrected chi connectivity index (χ4v) is 0.973. The normalized spacial score (nSPS) is 25.2. The highest BCUT2D eigenvalue weighted by Gasteiger charge is 2.37. The third-order valence-electron chi connectivity index (χ3n) is 1.67. The van der Waals surface area contributed by atoms with E-state index in [-0.39, 0.29) is 0 Å². The minimum absolute atomic E-state index is 0.699. The number of alkyl halides is 2. The second-order valence-corrected chi connectivity index (χ2v) is 2.84. The van der Waals surface area contributed by atoms with Gasteiger partial charge in [-0.2, -0.15) is 0 Å². The Labute approximate surface area is 69.6 Å². The van der Waals surface area contributed by atoms with Gasteiger partial charge in [0.05, 0.1) is 6.04 Å². The third kappa shape index (κ3) is 2.04. The zero-order chi connectivity index (χ0) is 9.19. The number of aliphatic hydroxyl groups is 1.